The molecule has 3 aromatic rings. The summed E-state index contributed by atoms with van der Waals surface area (Å²) in [5, 5.41) is 11.3. The van der Waals surface area contributed by atoms with Gasteiger partial charge in [-0.1, -0.05) is 12.1 Å². The molecule has 0 atom stereocenters. The molecule has 0 fully saturated rings. The molecule has 0 unspecified atom stereocenters. The van der Waals surface area contributed by atoms with Gasteiger partial charge < -0.3 is 9.47 Å². The molecule has 0 radical (unpaired) electrons. The maximum atomic E-state index is 5.40. The lowest BCUT2D eigenvalue weighted by Crippen LogP contribution is -1.98. The SMILES string of the molecule is COc1cccc(C=Nn2c(-c3ccccn3)n[nH]c2=S)c1OC. The van der Waals surface area contributed by atoms with Crippen molar-refractivity contribution in [1.82, 2.24) is 19.9 Å². The van der Waals surface area contributed by atoms with E-state index in [1.54, 1.807) is 26.6 Å². The first-order valence-electron chi connectivity index (χ1n) is 7.08. The van der Waals surface area contributed by atoms with Gasteiger partial charge in [0, 0.05) is 11.8 Å². The molecule has 0 bridgehead atoms. The third-order valence-corrected chi connectivity index (χ3v) is 3.55. The van der Waals surface area contributed by atoms with Gasteiger partial charge in [0.1, 0.15) is 5.69 Å². The highest BCUT2D eigenvalue weighted by atomic mass is 32.1. The van der Waals surface area contributed by atoms with Crippen molar-refractivity contribution in [3.63, 3.8) is 0 Å². The Morgan fingerprint density at radius 2 is 2.04 bits per heavy atom. The maximum Gasteiger partial charge on any atom is 0.216 e. The number of benzene rings is 1. The van der Waals surface area contributed by atoms with Crippen molar-refractivity contribution in [2.75, 3.05) is 14.2 Å². The second-order valence-electron chi connectivity index (χ2n) is 4.71. The van der Waals surface area contributed by atoms with Crippen molar-refractivity contribution < 1.29 is 9.47 Å². The molecule has 1 aromatic carbocycles. The quantitative estimate of drug-likeness (QED) is 0.570. The van der Waals surface area contributed by atoms with Crippen LogP contribution in [0.4, 0.5) is 0 Å². The van der Waals surface area contributed by atoms with Crippen LogP contribution in [0.15, 0.2) is 47.7 Å². The fourth-order valence-electron chi connectivity index (χ4n) is 2.19. The number of nitrogens with one attached hydrogen (secondary N) is 1. The molecule has 0 aliphatic rings. The van der Waals surface area contributed by atoms with Crippen LogP contribution in [0.2, 0.25) is 0 Å². The van der Waals surface area contributed by atoms with E-state index in [1.807, 2.05) is 36.4 Å². The molecule has 2 heterocycles. The molecule has 1 N–H and O–H groups in total. The minimum atomic E-state index is 0.369. The molecule has 7 nitrogen and oxygen atoms in total. The van der Waals surface area contributed by atoms with Gasteiger partial charge in [0.2, 0.25) is 10.6 Å². The van der Waals surface area contributed by atoms with Crippen LogP contribution in [0.25, 0.3) is 11.5 Å². The number of aromatic nitrogens is 4. The molecule has 0 amide bonds. The van der Waals surface area contributed by atoms with Gasteiger partial charge in [0.05, 0.1) is 20.4 Å². The number of para-hydroxylation sites is 1. The number of pyridine rings is 1. The smallest absolute Gasteiger partial charge is 0.216 e. The molecule has 24 heavy (non-hydrogen) atoms. The van der Waals surface area contributed by atoms with E-state index in [0.29, 0.717) is 27.8 Å². The Morgan fingerprint density at radius 1 is 1.17 bits per heavy atom. The van der Waals surface area contributed by atoms with E-state index in [0.717, 1.165) is 5.56 Å². The standard InChI is InChI=1S/C16H15N5O2S/c1-22-13-8-5-6-11(14(13)23-2)10-18-21-15(19-20-16(21)24)12-7-3-4-9-17-12/h3-10H,1-2H3,(H,20,24). The normalized spacial score (nSPS) is 10.9. The van der Waals surface area contributed by atoms with Crippen LogP contribution in [0.5, 0.6) is 11.5 Å². The molecule has 2 aromatic heterocycles. The number of methoxy groups -OCH3 is 2. The summed E-state index contributed by atoms with van der Waals surface area (Å²) < 4.78 is 12.6. The molecule has 0 aliphatic carbocycles. The van der Waals surface area contributed by atoms with E-state index in [4.69, 9.17) is 21.7 Å². The summed E-state index contributed by atoms with van der Waals surface area (Å²) >= 11 is 5.25. The number of rotatable bonds is 5. The van der Waals surface area contributed by atoms with Crippen LogP contribution in [-0.2, 0) is 0 Å². The highest BCUT2D eigenvalue weighted by Crippen LogP contribution is 2.29. The Balaban J connectivity index is 2.03. The average molecular weight is 341 g/mol. The van der Waals surface area contributed by atoms with Crippen molar-refractivity contribution in [2.45, 2.75) is 0 Å². The lowest BCUT2D eigenvalue weighted by atomic mass is 10.2. The lowest BCUT2D eigenvalue weighted by molar-refractivity contribution is 0.354. The summed E-state index contributed by atoms with van der Waals surface area (Å²) in [4.78, 5) is 4.27. The summed E-state index contributed by atoms with van der Waals surface area (Å²) in [6.07, 6.45) is 3.32. The van der Waals surface area contributed by atoms with E-state index >= 15 is 0 Å². The van der Waals surface area contributed by atoms with Crippen molar-refractivity contribution in [3.05, 3.63) is 52.9 Å². The van der Waals surface area contributed by atoms with Gasteiger partial charge in [-0.05, 0) is 36.5 Å². The molecular formula is C16H15N5O2S. The van der Waals surface area contributed by atoms with Gasteiger partial charge in [-0.25, -0.2) is 5.10 Å². The average Bonchev–Trinajstić information content (AvgIpc) is 3.00. The largest absolute Gasteiger partial charge is 0.493 e. The van der Waals surface area contributed by atoms with Crippen LogP contribution >= 0.6 is 12.2 Å². The number of ether oxygens (including phenoxy) is 2. The third-order valence-electron chi connectivity index (χ3n) is 3.29. The Labute approximate surface area is 143 Å². The highest BCUT2D eigenvalue weighted by Gasteiger charge is 2.10. The van der Waals surface area contributed by atoms with E-state index in [2.05, 4.69) is 20.3 Å². The molecule has 0 saturated carbocycles. The van der Waals surface area contributed by atoms with Crippen molar-refractivity contribution in [3.8, 4) is 23.0 Å². The first kappa shape index (κ1) is 15.9. The van der Waals surface area contributed by atoms with Crippen molar-refractivity contribution in [1.29, 1.82) is 0 Å². The summed E-state index contributed by atoms with van der Waals surface area (Å²) in [5.74, 6) is 1.75. The van der Waals surface area contributed by atoms with Crippen LogP contribution < -0.4 is 9.47 Å². The van der Waals surface area contributed by atoms with Gasteiger partial charge >= 0.3 is 0 Å². The third kappa shape index (κ3) is 3.04. The Kier molecular flexibility index (Phi) is 4.66. The molecule has 0 saturated heterocycles. The van der Waals surface area contributed by atoms with Crippen molar-refractivity contribution in [2.24, 2.45) is 5.10 Å². The predicted octanol–water partition coefficient (Wildman–Crippen LogP) is 2.90. The van der Waals surface area contributed by atoms with E-state index in [1.165, 1.54) is 4.68 Å². The van der Waals surface area contributed by atoms with Crippen LogP contribution in [0.3, 0.4) is 0 Å². The maximum absolute atomic E-state index is 5.40. The number of H-pyrrole nitrogens is 1. The van der Waals surface area contributed by atoms with Gasteiger partial charge in [-0.15, -0.1) is 0 Å². The van der Waals surface area contributed by atoms with Crippen LogP contribution in [-0.4, -0.2) is 40.3 Å². The minimum Gasteiger partial charge on any atom is -0.493 e. The number of aromatic amines is 1. The molecule has 8 heteroatoms. The first-order chi connectivity index (χ1) is 11.7. The molecule has 122 valence electrons. The summed E-state index contributed by atoms with van der Waals surface area (Å²) in [7, 11) is 3.17. The number of hydrogen-bond acceptors (Lipinski definition) is 6. The van der Waals surface area contributed by atoms with E-state index < -0.39 is 0 Å². The Morgan fingerprint density at radius 3 is 2.75 bits per heavy atom. The number of hydrogen-bond donors (Lipinski definition) is 1. The van der Waals surface area contributed by atoms with Gasteiger partial charge in [0.25, 0.3) is 0 Å². The van der Waals surface area contributed by atoms with Crippen molar-refractivity contribution >= 4 is 18.4 Å². The van der Waals surface area contributed by atoms with Crippen LogP contribution in [0, 0.1) is 4.77 Å². The molecule has 0 spiro atoms. The highest BCUT2D eigenvalue weighted by molar-refractivity contribution is 7.71. The summed E-state index contributed by atoms with van der Waals surface area (Å²) in [6.45, 7) is 0. The zero-order chi connectivity index (χ0) is 16.9. The molecule has 3 rings (SSSR count). The fourth-order valence-corrected chi connectivity index (χ4v) is 2.37. The predicted molar refractivity (Wildman–Crippen MR) is 93.2 cm³/mol. The van der Waals surface area contributed by atoms with Crippen LogP contribution in [0.1, 0.15) is 5.56 Å². The Bertz CT molecular complexity index is 918. The molecule has 0 aliphatic heterocycles. The minimum absolute atomic E-state index is 0.369. The topological polar surface area (TPSA) is 77.3 Å². The fraction of sp³-hybridized carbons (Fsp3) is 0.125. The monoisotopic (exact) mass is 341 g/mol. The summed E-state index contributed by atoms with van der Waals surface area (Å²) in [5.41, 5.74) is 1.42. The van der Waals surface area contributed by atoms with E-state index in [9.17, 15) is 0 Å². The zero-order valence-corrected chi connectivity index (χ0v) is 13.9. The number of nitrogens with zero attached hydrogens (tertiary/aromatic N) is 4. The second-order valence-corrected chi connectivity index (χ2v) is 5.09. The second kappa shape index (κ2) is 7.05. The Hall–Kier alpha value is -3.00. The van der Waals surface area contributed by atoms with Gasteiger partial charge in [0.15, 0.2) is 11.5 Å². The first-order valence-corrected chi connectivity index (χ1v) is 7.49. The van der Waals surface area contributed by atoms with E-state index in [-0.39, 0.29) is 0 Å². The lowest BCUT2D eigenvalue weighted by Gasteiger charge is -2.09. The zero-order valence-electron chi connectivity index (χ0n) is 13.1. The van der Waals surface area contributed by atoms with Gasteiger partial charge in [-0.3, -0.25) is 4.98 Å². The molecular weight excluding hydrogens is 326 g/mol. The summed E-state index contributed by atoms with van der Waals surface area (Å²) in [6, 6.07) is 11.1. The van der Waals surface area contributed by atoms with Gasteiger partial charge in [-0.2, -0.15) is 14.9 Å².